The first kappa shape index (κ1) is 13.6. The Labute approximate surface area is 111 Å². The molecule has 0 radical (unpaired) electrons. The van der Waals surface area contributed by atoms with Crippen molar-refractivity contribution in [3.05, 3.63) is 34.9 Å². The molecule has 18 heavy (non-hydrogen) atoms. The number of hydrogen-bond donors (Lipinski definition) is 1. The maximum atomic E-state index is 10.4. The first-order valence-corrected chi connectivity index (χ1v) is 6.90. The molecule has 100 valence electrons. The number of β-amino-alcohol motifs (C(OH)–C–C–N with tert-alkyl or cyclic N) is 1. The van der Waals surface area contributed by atoms with E-state index in [0.29, 0.717) is 0 Å². The molecule has 2 heteroatoms. The van der Waals surface area contributed by atoms with E-state index in [2.05, 4.69) is 50.8 Å². The fourth-order valence-electron chi connectivity index (χ4n) is 3.02. The van der Waals surface area contributed by atoms with Crippen LogP contribution in [-0.2, 0) is 0 Å². The Morgan fingerprint density at radius 2 is 1.83 bits per heavy atom. The third-order valence-electron chi connectivity index (χ3n) is 4.09. The smallest absolute Gasteiger partial charge is 0.0917 e. The van der Waals surface area contributed by atoms with E-state index in [1.54, 1.807) is 0 Å². The second kappa shape index (κ2) is 5.02. The maximum absolute atomic E-state index is 10.4. The Bertz CT molecular complexity index is 405. The zero-order valence-corrected chi connectivity index (χ0v) is 12.0. The van der Waals surface area contributed by atoms with Crippen molar-refractivity contribution in [1.82, 2.24) is 4.90 Å². The minimum absolute atomic E-state index is 0.236. The first-order valence-electron chi connectivity index (χ1n) is 6.90. The van der Waals surface area contributed by atoms with E-state index >= 15 is 0 Å². The third kappa shape index (κ3) is 2.93. The van der Waals surface area contributed by atoms with Crippen LogP contribution in [0, 0.1) is 13.8 Å². The van der Waals surface area contributed by atoms with Crippen LogP contribution in [-0.4, -0.2) is 28.6 Å². The lowest BCUT2D eigenvalue weighted by Gasteiger charge is -2.33. The Balaban J connectivity index is 2.09. The van der Waals surface area contributed by atoms with Crippen LogP contribution in [0.25, 0.3) is 0 Å². The van der Waals surface area contributed by atoms with Gasteiger partial charge in [-0.2, -0.15) is 0 Å². The number of likely N-dealkylation sites (tertiary alicyclic amines) is 1. The standard InChI is InChI=1S/C16H25NO/c1-12-8-13(2)10-14(9-12)15(18)11-17-7-5-6-16(17,3)4/h8-10,15,18H,5-7,11H2,1-4H3. The number of aliphatic hydroxyl groups excluding tert-OH is 1. The van der Waals surface area contributed by atoms with Crippen LogP contribution in [0.4, 0.5) is 0 Å². The molecule has 1 aliphatic rings. The monoisotopic (exact) mass is 247 g/mol. The van der Waals surface area contributed by atoms with Crippen LogP contribution in [0.1, 0.15) is 49.5 Å². The fourth-order valence-corrected chi connectivity index (χ4v) is 3.02. The SMILES string of the molecule is Cc1cc(C)cc(C(O)CN2CCCC2(C)C)c1. The molecule has 1 atom stereocenters. The Hall–Kier alpha value is -0.860. The van der Waals surface area contributed by atoms with E-state index in [0.717, 1.165) is 18.7 Å². The second-order valence-electron chi connectivity index (χ2n) is 6.30. The van der Waals surface area contributed by atoms with Gasteiger partial charge < -0.3 is 5.11 Å². The molecule has 1 fully saturated rings. The van der Waals surface area contributed by atoms with Gasteiger partial charge in [-0.05, 0) is 52.6 Å². The van der Waals surface area contributed by atoms with Crippen molar-refractivity contribution in [1.29, 1.82) is 0 Å². The first-order chi connectivity index (χ1) is 8.38. The summed E-state index contributed by atoms with van der Waals surface area (Å²) in [6, 6.07) is 6.34. The molecule has 1 aromatic carbocycles. The van der Waals surface area contributed by atoms with E-state index < -0.39 is 0 Å². The largest absolute Gasteiger partial charge is 0.387 e. The van der Waals surface area contributed by atoms with Crippen LogP contribution in [0.5, 0.6) is 0 Å². The molecule has 1 saturated heterocycles. The highest BCUT2D eigenvalue weighted by atomic mass is 16.3. The predicted molar refractivity (Wildman–Crippen MR) is 75.8 cm³/mol. The number of nitrogens with zero attached hydrogens (tertiary/aromatic N) is 1. The number of aryl methyl sites for hydroxylation is 2. The Morgan fingerprint density at radius 3 is 2.33 bits per heavy atom. The summed E-state index contributed by atoms with van der Waals surface area (Å²) < 4.78 is 0. The van der Waals surface area contributed by atoms with E-state index in [-0.39, 0.29) is 11.6 Å². The Kier molecular flexibility index (Phi) is 3.79. The summed E-state index contributed by atoms with van der Waals surface area (Å²) in [6.07, 6.45) is 2.10. The van der Waals surface area contributed by atoms with E-state index in [9.17, 15) is 5.11 Å². The summed E-state index contributed by atoms with van der Waals surface area (Å²) in [5.41, 5.74) is 3.74. The summed E-state index contributed by atoms with van der Waals surface area (Å²) in [5, 5.41) is 10.4. The van der Waals surface area contributed by atoms with Crippen molar-refractivity contribution in [3.8, 4) is 0 Å². The predicted octanol–water partition coefficient (Wildman–Crippen LogP) is 3.21. The zero-order valence-electron chi connectivity index (χ0n) is 12.0. The zero-order chi connectivity index (χ0) is 13.3. The van der Waals surface area contributed by atoms with Gasteiger partial charge in [0.05, 0.1) is 6.10 Å². The number of aliphatic hydroxyl groups is 1. The van der Waals surface area contributed by atoms with Crippen molar-refractivity contribution in [2.75, 3.05) is 13.1 Å². The van der Waals surface area contributed by atoms with Gasteiger partial charge in [0, 0.05) is 12.1 Å². The molecular weight excluding hydrogens is 222 g/mol. The van der Waals surface area contributed by atoms with Gasteiger partial charge in [0.1, 0.15) is 0 Å². The van der Waals surface area contributed by atoms with Gasteiger partial charge in [-0.3, -0.25) is 4.90 Å². The van der Waals surface area contributed by atoms with Crippen molar-refractivity contribution in [2.24, 2.45) is 0 Å². The van der Waals surface area contributed by atoms with Gasteiger partial charge >= 0.3 is 0 Å². The van der Waals surface area contributed by atoms with Crippen molar-refractivity contribution < 1.29 is 5.11 Å². The molecule has 0 amide bonds. The molecule has 1 heterocycles. The molecule has 1 aliphatic heterocycles. The Morgan fingerprint density at radius 1 is 1.22 bits per heavy atom. The van der Waals surface area contributed by atoms with Crippen LogP contribution >= 0.6 is 0 Å². The van der Waals surface area contributed by atoms with Gasteiger partial charge in [-0.1, -0.05) is 29.3 Å². The lowest BCUT2D eigenvalue weighted by atomic mass is 9.99. The van der Waals surface area contributed by atoms with Crippen molar-refractivity contribution >= 4 is 0 Å². The van der Waals surface area contributed by atoms with Gasteiger partial charge in [-0.25, -0.2) is 0 Å². The average molecular weight is 247 g/mol. The van der Waals surface area contributed by atoms with Crippen LogP contribution in [0.15, 0.2) is 18.2 Å². The highest BCUT2D eigenvalue weighted by Gasteiger charge is 2.33. The molecular formula is C16H25NO. The molecule has 0 aromatic heterocycles. The molecule has 0 bridgehead atoms. The number of hydrogen-bond acceptors (Lipinski definition) is 2. The topological polar surface area (TPSA) is 23.5 Å². The van der Waals surface area contributed by atoms with Gasteiger partial charge in [0.2, 0.25) is 0 Å². The lowest BCUT2D eigenvalue weighted by molar-refractivity contribution is 0.0778. The molecule has 1 aromatic rings. The highest BCUT2D eigenvalue weighted by molar-refractivity contribution is 5.30. The van der Waals surface area contributed by atoms with E-state index in [1.165, 1.54) is 24.0 Å². The van der Waals surface area contributed by atoms with E-state index in [4.69, 9.17) is 0 Å². The highest BCUT2D eigenvalue weighted by Crippen LogP contribution is 2.30. The normalized spacial score (nSPS) is 21.2. The summed E-state index contributed by atoms with van der Waals surface area (Å²) in [5.74, 6) is 0. The summed E-state index contributed by atoms with van der Waals surface area (Å²) >= 11 is 0. The second-order valence-corrected chi connectivity index (χ2v) is 6.30. The lowest BCUT2D eigenvalue weighted by Crippen LogP contribution is -2.40. The van der Waals surface area contributed by atoms with Gasteiger partial charge in [-0.15, -0.1) is 0 Å². The molecule has 0 aliphatic carbocycles. The molecule has 0 saturated carbocycles. The molecule has 1 unspecified atom stereocenters. The van der Waals surface area contributed by atoms with Gasteiger partial charge in [0.15, 0.2) is 0 Å². The average Bonchev–Trinajstić information content (AvgIpc) is 2.57. The summed E-state index contributed by atoms with van der Waals surface area (Å²) in [7, 11) is 0. The fraction of sp³-hybridized carbons (Fsp3) is 0.625. The molecule has 2 nitrogen and oxygen atoms in total. The van der Waals surface area contributed by atoms with Crippen LogP contribution in [0.3, 0.4) is 0 Å². The minimum Gasteiger partial charge on any atom is -0.387 e. The van der Waals surface area contributed by atoms with Crippen LogP contribution in [0.2, 0.25) is 0 Å². The molecule has 1 N–H and O–H groups in total. The quantitative estimate of drug-likeness (QED) is 0.886. The number of rotatable bonds is 3. The summed E-state index contributed by atoms with van der Waals surface area (Å²) in [6.45, 7) is 10.6. The van der Waals surface area contributed by atoms with Gasteiger partial charge in [0.25, 0.3) is 0 Å². The van der Waals surface area contributed by atoms with Crippen LogP contribution < -0.4 is 0 Å². The summed E-state index contributed by atoms with van der Waals surface area (Å²) in [4.78, 5) is 2.41. The number of benzene rings is 1. The maximum Gasteiger partial charge on any atom is 0.0917 e. The minimum atomic E-state index is -0.374. The third-order valence-corrected chi connectivity index (χ3v) is 4.09. The van der Waals surface area contributed by atoms with Crippen molar-refractivity contribution in [3.63, 3.8) is 0 Å². The molecule has 2 rings (SSSR count). The molecule has 0 spiro atoms. The van der Waals surface area contributed by atoms with E-state index in [1.807, 2.05) is 0 Å². The van der Waals surface area contributed by atoms with Crippen molar-refractivity contribution in [2.45, 2.75) is 52.2 Å².